The molecule has 2 rings (SSSR count). The fraction of sp³-hybridized carbons (Fsp3) is 0.500. The molecule has 6 nitrogen and oxygen atoms in total. The van der Waals surface area contributed by atoms with Gasteiger partial charge in [0.15, 0.2) is 10.9 Å². The zero-order valence-corrected chi connectivity index (χ0v) is 11.9. The minimum Gasteiger partial charge on any atom is -0.468 e. The van der Waals surface area contributed by atoms with Gasteiger partial charge < -0.3 is 9.64 Å². The number of esters is 1. The second-order valence-corrected chi connectivity index (χ2v) is 4.85. The van der Waals surface area contributed by atoms with Crippen molar-refractivity contribution in [3.05, 3.63) is 11.8 Å². The van der Waals surface area contributed by atoms with Crippen LogP contribution in [0, 0.1) is 5.92 Å². The van der Waals surface area contributed by atoms with Gasteiger partial charge in [0, 0.05) is 19.3 Å². The summed E-state index contributed by atoms with van der Waals surface area (Å²) in [6, 6.07) is 0. The first kappa shape index (κ1) is 13.8. The van der Waals surface area contributed by atoms with Crippen molar-refractivity contribution < 1.29 is 14.3 Å². The SMILES string of the molecule is CCN1C[C@@H](C(=O)OC)C(=O)c2cnc(SC)nc21. The Labute approximate surface area is 115 Å². The van der Waals surface area contributed by atoms with Gasteiger partial charge in [-0.05, 0) is 13.2 Å². The van der Waals surface area contributed by atoms with Crippen molar-refractivity contribution in [3.63, 3.8) is 0 Å². The molecular formula is C12H15N3O3S. The quantitative estimate of drug-likeness (QED) is 0.354. The number of methoxy groups -OCH3 is 1. The number of ether oxygens (including phenoxy) is 1. The first-order valence-electron chi connectivity index (χ1n) is 5.90. The molecule has 0 fully saturated rings. The van der Waals surface area contributed by atoms with Crippen molar-refractivity contribution in [1.29, 1.82) is 0 Å². The van der Waals surface area contributed by atoms with Crippen LogP contribution in [-0.2, 0) is 9.53 Å². The van der Waals surface area contributed by atoms with E-state index in [0.717, 1.165) is 0 Å². The van der Waals surface area contributed by atoms with Crippen LogP contribution < -0.4 is 4.90 Å². The van der Waals surface area contributed by atoms with E-state index in [2.05, 4.69) is 14.7 Å². The Morgan fingerprint density at radius 2 is 2.37 bits per heavy atom. The molecule has 1 atom stereocenters. The number of rotatable bonds is 3. The van der Waals surface area contributed by atoms with Crippen LogP contribution in [0.2, 0.25) is 0 Å². The lowest BCUT2D eigenvalue weighted by atomic mass is 9.94. The average Bonchev–Trinajstić information content (AvgIpc) is 2.46. The van der Waals surface area contributed by atoms with E-state index in [-0.39, 0.29) is 5.78 Å². The molecule has 0 radical (unpaired) electrons. The van der Waals surface area contributed by atoms with Crippen LogP contribution in [-0.4, -0.2) is 48.2 Å². The minimum absolute atomic E-state index is 0.265. The highest BCUT2D eigenvalue weighted by Crippen LogP contribution is 2.29. The van der Waals surface area contributed by atoms with Gasteiger partial charge in [-0.15, -0.1) is 0 Å². The number of nitrogens with zero attached hydrogens (tertiary/aromatic N) is 3. The monoisotopic (exact) mass is 281 g/mol. The first-order valence-corrected chi connectivity index (χ1v) is 7.12. The molecule has 0 saturated carbocycles. The fourth-order valence-electron chi connectivity index (χ4n) is 2.05. The molecule has 0 aliphatic carbocycles. The number of carbonyl (C=O) groups excluding carboxylic acids is 2. The van der Waals surface area contributed by atoms with Gasteiger partial charge >= 0.3 is 5.97 Å². The number of Topliss-reactive ketones (excluding diaryl/α,β-unsaturated/α-hetero) is 1. The Bertz CT molecular complexity index is 521. The van der Waals surface area contributed by atoms with E-state index >= 15 is 0 Å². The van der Waals surface area contributed by atoms with Gasteiger partial charge in [-0.2, -0.15) is 0 Å². The van der Waals surface area contributed by atoms with E-state index in [1.54, 1.807) is 0 Å². The van der Waals surface area contributed by atoms with Gasteiger partial charge in [-0.1, -0.05) is 11.8 Å². The van der Waals surface area contributed by atoms with E-state index in [9.17, 15) is 9.59 Å². The summed E-state index contributed by atoms with van der Waals surface area (Å²) in [5, 5.41) is 0.613. The molecule has 0 N–H and O–H groups in total. The minimum atomic E-state index is -0.791. The molecule has 0 bridgehead atoms. The third-order valence-corrected chi connectivity index (χ3v) is 3.64. The molecule has 2 heterocycles. The maximum Gasteiger partial charge on any atom is 0.318 e. The molecule has 0 unspecified atom stereocenters. The molecule has 0 amide bonds. The topological polar surface area (TPSA) is 72.4 Å². The highest BCUT2D eigenvalue weighted by Gasteiger charge is 2.38. The van der Waals surface area contributed by atoms with Crippen LogP contribution in [0.4, 0.5) is 5.82 Å². The maximum atomic E-state index is 12.3. The normalized spacial score (nSPS) is 18.2. The van der Waals surface area contributed by atoms with Crippen LogP contribution in [0.25, 0.3) is 0 Å². The van der Waals surface area contributed by atoms with Crippen LogP contribution >= 0.6 is 11.8 Å². The highest BCUT2D eigenvalue weighted by atomic mass is 32.2. The predicted octanol–water partition coefficient (Wildman–Crippen LogP) is 1.01. The average molecular weight is 281 g/mol. The van der Waals surface area contributed by atoms with E-state index in [1.165, 1.54) is 25.1 Å². The van der Waals surface area contributed by atoms with Crippen LogP contribution in [0.15, 0.2) is 11.4 Å². The van der Waals surface area contributed by atoms with E-state index < -0.39 is 11.9 Å². The van der Waals surface area contributed by atoms with Crippen molar-refractivity contribution in [2.75, 3.05) is 31.4 Å². The second kappa shape index (κ2) is 5.56. The molecule has 102 valence electrons. The number of carbonyl (C=O) groups is 2. The Hall–Kier alpha value is -1.63. The van der Waals surface area contributed by atoms with Gasteiger partial charge in [-0.3, -0.25) is 9.59 Å². The zero-order valence-electron chi connectivity index (χ0n) is 11.0. The molecule has 1 aromatic heterocycles. The van der Waals surface area contributed by atoms with E-state index in [0.29, 0.717) is 29.6 Å². The molecule has 1 aliphatic heterocycles. The van der Waals surface area contributed by atoms with Crippen LogP contribution in [0.3, 0.4) is 0 Å². The Morgan fingerprint density at radius 3 is 2.95 bits per heavy atom. The molecule has 0 saturated heterocycles. The summed E-state index contributed by atoms with van der Waals surface area (Å²) < 4.78 is 4.68. The standard InChI is InChI=1S/C12H15N3O3S/c1-4-15-6-8(11(17)18-2)9(16)7-5-13-12(19-3)14-10(7)15/h5,8H,4,6H2,1-3H3/t8-/m1/s1. The van der Waals surface area contributed by atoms with Crippen molar-refractivity contribution in [2.24, 2.45) is 5.92 Å². The highest BCUT2D eigenvalue weighted by molar-refractivity contribution is 7.98. The van der Waals surface area contributed by atoms with Gasteiger partial charge in [0.1, 0.15) is 11.7 Å². The summed E-state index contributed by atoms with van der Waals surface area (Å²) in [7, 11) is 1.29. The van der Waals surface area contributed by atoms with Gasteiger partial charge in [0.25, 0.3) is 0 Å². The van der Waals surface area contributed by atoms with Gasteiger partial charge in [0.05, 0.1) is 12.7 Å². The number of hydrogen-bond donors (Lipinski definition) is 0. The third-order valence-electron chi connectivity index (χ3n) is 3.08. The van der Waals surface area contributed by atoms with Crippen LogP contribution in [0.5, 0.6) is 0 Å². The number of thioether (sulfide) groups is 1. The number of fused-ring (bicyclic) bond motifs is 1. The Kier molecular flexibility index (Phi) is 4.04. The molecule has 0 spiro atoms. The number of aromatic nitrogens is 2. The van der Waals surface area contributed by atoms with Crippen LogP contribution in [0.1, 0.15) is 17.3 Å². The summed E-state index contributed by atoms with van der Waals surface area (Å²) in [5.74, 6) is -0.963. The first-order chi connectivity index (χ1) is 9.12. The molecule has 1 aromatic rings. The Balaban J connectivity index is 2.45. The van der Waals surface area contributed by atoms with E-state index in [4.69, 9.17) is 0 Å². The Morgan fingerprint density at radius 1 is 1.63 bits per heavy atom. The summed E-state index contributed by atoms with van der Waals surface area (Å²) in [5.41, 5.74) is 0.390. The number of anilines is 1. The second-order valence-electron chi connectivity index (χ2n) is 4.07. The van der Waals surface area contributed by atoms with Crippen molar-refractivity contribution in [3.8, 4) is 0 Å². The smallest absolute Gasteiger partial charge is 0.318 e. The number of hydrogen-bond acceptors (Lipinski definition) is 7. The molecule has 19 heavy (non-hydrogen) atoms. The molecule has 1 aliphatic rings. The van der Waals surface area contributed by atoms with Crippen molar-refractivity contribution >= 4 is 29.3 Å². The van der Waals surface area contributed by atoms with E-state index in [1.807, 2.05) is 18.1 Å². The number of ketones is 1. The predicted molar refractivity (Wildman–Crippen MR) is 71.5 cm³/mol. The molecule has 7 heteroatoms. The van der Waals surface area contributed by atoms with Crippen molar-refractivity contribution in [1.82, 2.24) is 9.97 Å². The summed E-state index contributed by atoms with van der Waals surface area (Å²) in [4.78, 5) is 34.3. The molecular weight excluding hydrogens is 266 g/mol. The van der Waals surface area contributed by atoms with Gasteiger partial charge in [0.2, 0.25) is 0 Å². The lowest BCUT2D eigenvalue weighted by molar-refractivity contribution is -0.143. The lowest BCUT2D eigenvalue weighted by Crippen LogP contribution is -2.43. The zero-order chi connectivity index (χ0) is 14.0. The summed E-state index contributed by atoms with van der Waals surface area (Å²) >= 11 is 1.42. The third kappa shape index (κ3) is 2.42. The van der Waals surface area contributed by atoms with Gasteiger partial charge in [-0.25, -0.2) is 9.97 Å². The fourth-order valence-corrected chi connectivity index (χ4v) is 2.39. The molecule has 0 aromatic carbocycles. The lowest BCUT2D eigenvalue weighted by Gasteiger charge is -2.31. The summed E-state index contributed by atoms with van der Waals surface area (Å²) in [6.45, 7) is 2.92. The largest absolute Gasteiger partial charge is 0.468 e. The maximum absolute atomic E-state index is 12.3. The summed E-state index contributed by atoms with van der Waals surface area (Å²) in [6.07, 6.45) is 3.37. The van der Waals surface area contributed by atoms with Crippen molar-refractivity contribution in [2.45, 2.75) is 12.1 Å².